The SMILES string of the molecule is COc1cc(OC)c(-c2oc3cc(OC)c(O)c(O)c3c(=O)c2OC)cc1OC. The lowest BCUT2D eigenvalue weighted by Gasteiger charge is -2.16. The van der Waals surface area contributed by atoms with Gasteiger partial charge in [0.2, 0.25) is 16.9 Å². The molecule has 0 spiro atoms. The van der Waals surface area contributed by atoms with E-state index in [4.69, 9.17) is 28.1 Å². The molecule has 2 aromatic carbocycles. The Bertz CT molecular complexity index is 1130. The number of hydrogen-bond acceptors (Lipinski definition) is 9. The van der Waals surface area contributed by atoms with Crippen molar-refractivity contribution in [3.63, 3.8) is 0 Å². The Hall–Kier alpha value is -3.75. The maximum absolute atomic E-state index is 13.0. The minimum Gasteiger partial charge on any atom is -0.504 e. The second-order valence-corrected chi connectivity index (χ2v) is 5.85. The van der Waals surface area contributed by atoms with Crippen LogP contribution < -0.4 is 29.1 Å². The molecule has 0 atom stereocenters. The summed E-state index contributed by atoms with van der Waals surface area (Å²) < 4.78 is 32.2. The molecule has 0 aliphatic heterocycles. The Morgan fingerprint density at radius 3 is 1.86 bits per heavy atom. The number of ether oxygens (including phenoxy) is 5. The summed E-state index contributed by atoms with van der Waals surface area (Å²) in [6.07, 6.45) is 0. The van der Waals surface area contributed by atoms with Crippen LogP contribution in [0.15, 0.2) is 27.4 Å². The average molecular weight is 404 g/mol. The van der Waals surface area contributed by atoms with E-state index in [1.165, 1.54) is 41.6 Å². The van der Waals surface area contributed by atoms with Crippen LogP contribution in [-0.4, -0.2) is 45.8 Å². The van der Waals surface area contributed by atoms with Crippen molar-refractivity contribution in [2.45, 2.75) is 0 Å². The molecule has 2 N–H and O–H groups in total. The van der Waals surface area contributed by atoms with Crippen LogP contribution in [0.3, 0.4) is 0 Å². The Labute approximate surface area is 165 Å². The van der Waals surface area contributed by atoms with E-state index in [1.807, 2.05) is 0 Å². The lowest BCUT2D eigenvalue weighted by Crippen LogP contribution is -2.08. The van der Waals surface area contributed by atoms with Gasteiger partial charge in [-0.25, -0.2) is 0 Å². The molecule has 0 aliphatic carbocycles. The predicted octanol–water partition coefficient (Wildman–Crippen LogP) is 2.91. The number of fused-ring (bicyclic) bond motifs is 1. The topological polar surface area (TPSA) is 117 Å². The Kier molecular flexibility index (Phi) is 5.31. The van der Waals surface area contributed by atoms with Crippen LogP contribution in [0.25, 0.3) is 22.3 Å². The second kappa shape index (κ2) is 7.70. The van der Waals surface area contributed by atoms with Crippen molar-refractivity contribution in [3.05, 3.63) is 28.4 Å². The van der Waals surface area contributed by atoms with Gasteiger partial charge >= 0.3 is 0 Å². The van der Waals surface area contributed by atoms with Gasteiger partial charge in [-0.1, -0.05) is 0 Å². The Morgan fingerprint density at radius 2 is 1.31 bits per heavy atom. The fraction of sp³-hybridized carbons (Fsp3) is 0.250. The molecule has 3 rings (SSSR count). The molecular weight excluding hydrogens is 384 g/mol. The smallest absolute Gasteiger partial charge is 0.239 e. The number of phenols is 2. The summed E-state index contributed by atoms with van der Waals surface area (Å²) in [6.45, 7) is 0. The van der Waals surface area contributed by atoms with Crippen molar-refractivity contribution in [1.82, 2.24) is 0 Å². The van der Waals surface area contributed by atoms with E-state index >= 15 is 0 Å². The third-order valence-corrected chi connectivity index (χ3v) is 4.43. The fourth-order valence-corrected chi connectivity index (χ4v) is 3.01. The second-order valence-electron chi connectivity index (χ2n) is 5.85. The number of hydrogen-bond donors (Lipinski definition) is 2. The van der Waals surface area contributed by atoms with Gasteiger partial charge in [0.25, 0.3) is 0 Å². The van der Waals surface area contributed by atoms with Gasteiger partial charge in [0.05, 0.1) is 41.1 Å². The third-order valence-electron chi connectivity index (χ3n) is 4.43. The average Bonchev–Trinajstić information content (AvgIpc) is 2.74. The minimum absolute atomic E-state index is 0.0187. The summed E-state index contributed by atoms with van der Waals surface area (Å²) in [7, 11) is 6.99. The van der Waals surface area contributed by atoms with Crippen molar-refractivity contribution in [2.75, 3.05) is 35.5 Å². The van der Waals surface area contributed by atoms with Crippen LogP contribution in [-0.2, 0) is 0 Å². The Morgan fingerprint density at radius 1 is 0.724 bits per heavy atom. The van der Waals surface area contributed by atoms with Crippen LogP contribution in [0.2, 0.25) is 0 Å². The van der Waals surface area contributed by atoms with E-state index in [1.54, 1.807) is 12.1 Å². The van der Waals surface area contributed by atoms with Crippen LogP contribution >= 0.6 is 0 Å². The molecule has 29 heavy (non-hydrogen) atoms. The molecule has 154 valence electrons. The maximum Gasteiger partial charge on any atom is 0.239 e. The lowest BCUT2D eigenvalue weighted by molar-refractivity contribution is 0.348. The highest BCUT2D eigenvalue weighted by Gasteiger charge is 2.26. The van der Waals surface area contributed by atoms with Crippen molar-refractivity contribution >= 4 is 11.0 Å². The quantitative estimate of drug-likeness (QED) is 0.598. The van der Waals surface area contributed by atoms with Gasteiger partial charge in [-0.2, -0.15) is 0 Å². The first-order chi connectivity index (χ1) is 13.9. The molecule has 9 heteroatoms. The summed E-state index contributed by atoms with van der Waals surface area (Å²) in [5, 5.41) is 20.1. The molecule has 0 radical (unpaired) electrons. The molecular formula is C20H20O9. The van der Waals surface area contributed by atoms with E-state index < -0.39 is 16.9 Å². The molecule has 1 heterocycles. The molecule has 9 nitrogen and oxygen atoms in total. The van der Waals surface area contributed by atoms with Crippen LogP contribution in [0, 0.1) is 0 Å². The van der Waals surface area contributed by atoms with Gasteiger partial charge in [-0.15, -0.1) is 0 Å². The highest BCUT2D eigenvalue weighted by Crippen LogP contribution is 2.46. The third kappa shape index (κ3) is 3.10. The van der Waals surface area contributed by atoms with E-state index in [0.717, 1.165) is 0 Å². The van der Waals surface area contributed by atoms with Crippen LogP contribution in [0.5, 0.6) is 40.2 Å². The highest BCUT2D eigenvalue weighted by molar-refractivity contribution is 5.91. The molecule has 0 fully saturated rings. The number of benzene rings is 2. The summed E-state index contributed by atoms with van der Waals surface area (Å²) >= 11 is 0. The van der Waals surface area contributed by atoms with Crippen molar-refractivity contribution in [3.8, 4) is 51.6 Å². The molecule has 0 unspecified atom stereocenters. The summed E-state index contributed by atoms with van der Waals surface area (Å²) in [5.41, 5.74) is -0.349. The van der Waals surface area contributed by atoms with Gasteiger partial charge in [-0.3, -0.25) is 4.79 Å². The van der Waals surface area contributed by atoms with E-state index in [0.29, 0.717) is 22.8 Å². The number of rotatable bonds is 6. The van der Waals surface area contributed by atoms with Gasteiger partial charge in [0.15, 0.2) is 28.8 Å². The lowest BCUT2D eigenvalue weighted by atomic mass is 10.1. The maximum atomic E-state index is 13.0. The number of methoxy groups -OCH3 is 5. The molecule has 0 saturated heterocycles. The largest absolute Gasteiger partial charge is 0.504 e. The van der Waals surface area contributed by atoms with Gasteiger partial charge in [0.1, 0.15) is 16.7 Å². The first-order valence-corrected chi connectivity index (χ1v) is 8.35. The normalized spacial score (nSPS) is 10.7. The number of aromatic hydroxyl groups is 2. The molecule has 0 aliphatic rings. The first kappa shape index (κ1) is 20.0. The standard InChI is InChI=1S/C20H20O9/c1-24-10-7-12(26-3)11(25-2)6-9(10)19-20(28-5)18(23)15-13(29-19)8-14(27-4)16(21)17(15)22/h6-8,21-22H,1-5H3. The molecule has 1 aromatic heterocycles. The molecule has 0 bridgehead atoms. The summed E-state index contributed by atoms with van der Waals surface area (Å²) in [5.74, 6) is -0.341. The molecule has 0 saturated carbocycles. The monoisotopic (exact) mass is 404 g/mol. The van der Waals surface area contributed by atoms with E-state index in [2.05, 4.69) is 0 Å². The van der Waals surface area contributed by atoms with Gasteiger partial charge in [-0.05, 0) is 6.07 Å². The van der Waals surface area contributed by atoms with Crippen LogP contribution in [0.1, 0.15) is 0 Å². The Balaban J connectivity index is 2.44. The first-order valence-electron chi connectivity index (χ1n) is 8.35. The number of phenolic OH excluding ortho intramolecular Hbond substituents is 2. The molecule has 0 amide bonds. The predicted molar refractivity (Wildman–Crippen MR) is 104 cm³/mol. The zero-order valence-corrected chi connectivity index (χ0v) is 16.5. The van der Waals surface area contributed by atoms with Gasteiger partial charge < -0.3 is 38.3 Å². The van der Waals surface area contributed by atoms with Crippen LogP contribution in [0.4, 0.5) is 0 Å². The summed E-state index contributed by atoms with van der Waals surface area (Å²) in [6, 6.07) is 4.44. The zero-order valence-electron chi connectivity index (χ0n) is 16.5. The van der Waals surface area contributed by atoms with Crippen molar-refractivity contribution in [1.29, 1.82) is 0 Å². The van der Waals surface area contributed by atoms with Crippen molar-refractivity contribution in [2.24, 2.45) is 0 Å². The zero-order chi connectivity index (χ0) is 21.3. The molecule has 3 aromatic rings. The summed E-state index contributed by atoms with van der Waals surface area (Å²) in [4.78, 5) is 13.0. The van der Waals surface area contributed by atoms with Crippen molar-refractivity contribution < 1.29 is 38.3 Å². The highest BCUT2D eigenvalue weighted by atomic mass is 16.5. The van der Waals surface area contributed by atoms with E-state index in [9.17, 15) is 15.0 Å². The van der Waals surface area contributed by atoms with E-state index in [-0.39, 0.29) is 28.2 Å². The fourth-order valence-electron chi connectivity index (χ4n) is 3.01. The van der Waals surface area contributed by atoms with Gasteiger partial charge in [0, 0.05) is 12.1 Å². The minimum atomic E-state index is -0.684.